The van der Waals surface area contributed by atoms with Crippen LogP contribution in [0.2, 0.25) is 0 Å². The van der Waals surface area contributed by atoms with Gasteiger partial charge in [0.1, 0.15) is 19.3 Å². The monoisotopic (exact) mass is 1500 g/mol. The topological polar surface area (TPSA) is 237 Å². The molecule has 594 valence electrons. The number of ether oxygens (including phenoxy) is 4. The Hall–Kier alpha value is -5.06. The van der Waals surface area contributed by atoms with E-state index in [-0.39, 0.29) is 25.7 Å². The molecule has 0 saturated carbocycles. The third-order valence-electron chi connectivity index (χ3n) is 16.3. The highest BCUT2D eigenvalue weighted by atomic mass is 31.2. The van der Waals surface area contributed by atoms with Crippen LogP contribution in [0.15, 0.2) is 146 Å². The Morgan fingerprint density at radius 2 is 0.529 bits per heavy atom. The van der Waals surface area contributed by atoms with E-state index in [1.54, 1.807) is 0 Å². The molecule has 19 heteroatoms. The van der Waals surface area contributed by atoms with E-state index < -0.39 is 97.5 Å². The van der Waals surface area contributed by atoms with E-state index in [2.05, 4.69) is 143 Å². The Morgan fingerprint density at radius 3 is 0.875 bits per heavy atom. The van der Waals surface area contributed by atoms with Gasteiger partial charge in [0.05, 0.1) is 26.4 Å². The summed E-state index contributed by atoms with van der Waals surface area (Å²) in [6.07, 6.45) is 87.1. The molecular weight excluding hydrogens is 1350 g/mol. The highest BCUT2D eigenvalue weighted by Gasteiger charge is 2.30. The average molecular weight is 1500 g/mol. The summed E-state index contributed by atoms with van der Waals surface area (Å²) >= 11 is 0. The van der Waals surface area contributed by atoms with Gasteiger partial charge in [0.2, 0.25) is 0 Å². The summed E-state index contributed by atoms with van der Waals surface area (Å²) < 4.78 is 68.5. The average Bonchev–Trinajstić information content (AvgIpc) is 0.939. The molecule has 0 aliphatic heterocycles. The van der Waals surface area contributed by atoms with Gasteiger partial charge in [0.25, 0.3) is 0 Å². The van der Waals surface area contributed by atoms with Crippen LogP contribution in [0, 0.1) is 0 Å². The number of rotatable bonds is 74. The molecule has 5 unspecified atom stereocenters. The zero-order valence-corrected chi connectivity index (χ0v) is 66.7. The van der Waals surface area contributed by atoms with Gasteiger partial charge in [0.15, 0.2) is 12.2 Å². The highest BCUT2D eigenvalue weighted by Crippen LogP contribution is 2.45. The second kappa shape index (κ2) is 76.1. The van der Waals surface area contributed by atoms with Crippen LogP contribution in [-0.2, 0) is 65.4 Å². The second-order valence-corrected chi connectivity index (χ2v) is 29.2. The summed E-state index contributed by atoms with van der Waals surface area (Å²) in [5.74, 6) is -2.35. The van der Waals surface area contributed by atoms with E-state index in [0.29, 0.717) is 38.5 Å². The molecule has 0 radical (unpaired) electrons. The maximum absolute atomic E-state index is 13.1. The van der Waals surface area contributed by atoms with E-state index in [0.717, 1.165) is 128 Å². The van der Waals surface area contributed by atoms with Gasteiger partial charge in [-0.2, -0.15) is 0 Å². The van der Waals surface area contributed by atoms with Crippen molar-refractivity contribution in [2.45, 2.75) is 329 Å². The number of unbranched alkanes of at least 4 members (excludes halogenated alkanes) is 24. The van der Waals surface area contributed by atoms with Crippen molar-refractivity contribution in [2.75, 3.05) is 39.6 Å². The lowest BCUT2D eigenvalue weighted by atomic mass is 10.0. The van der Waals surface area contributed by atoms with Gasteiger partial charge >= 0.3 is 39.5 Å². The maximum Gasteiger partial charge on any atom is 0.472 e. The number of aliphatic hydroxyl groups is 1. The van der Waals surface area contributed by atoms with Crippen LogP contribution in [0.3, 0.4) is 0 Å². The van der Waals surface area contributed by atoms with Gasteiger partial charge < -0.3 is 33.8 Å². The number of phosphoric ester groups is 2. The lowest BCUT2D eigenvalue weighted by Gasteiger charge is -2.21. The molecule has 0 saturated heterocycles. The lowest BCUT2D eigenvalue weighted by molar-refractivity contribution is -0.161. The first-order valence-corrected chi connectivity index (χ1v) is 43.1. The van der Waals surface area contributed by atoms with Crippen molar-refractivity contribution in [3.63, 3.8) is 0 Å². The zero-order valence-electron chi connectivity index (χ0n) is 64.9. The fourth-order valence-corrected chi connectivity index (χ4v) is 11.9. The number of carbonyl (C=O) groups excluding carboxylic acids is 4. The molecule has 0 amide bonds. The van der Waals surface area contributed by atoms with E-state index in [1.165, 1.54) is 89.9 Å². The minimum Gasteiger partial charge on any atom is -0.462 e. The standard InChI is InChI=1S/C85H142O17P2/c1-5-9-13-17-21-25-29-33-36-38-39-41-44-47-50-54-58-62-66-70-83(88)95-75-80(101-84(89)71-67-63-59-55-51-45-32-28-24-20-16-12-8-4)77-99-103(91,92)97-73-79(86)74-98-104(93,94)100-78-81(102-85(90)72-68-64-60-56-52-48-42-35-31-27-23-19-15-11-7-3)76-96-82(87)69-65-61-57-53-49-46-43-40-37-34-30-26-22-18-14-10-6-2/h9-10,13-14,21-22,25-26,28,32-34,36-37,39,41,43,46-47,50,53,57-58,62,79-81,86H,5-8,11-12,15-20,23-24,27,29-31,35,38,40,42,44-45,48-49,51-52,54-56,59-61,63-78H2,1-4H3,(H,91,92)(H,93,94)/b13-9-,14-10-,25-21-,26-22-,32-28-,36-33-,37-34-,41-39-,46-43-,50-47-,57-53-,62-58-. The first-order valence-electron chi connectivity index (χ1n) is 40.1. The minimum atomic E-state index is -5.00. The number of carbonyl (C=O) groups is 4. The Morgan fingerprint density at radius 1 is 0.279 bits per heavy atom. The SMILES string of the molecule is CC/C=C\C/C=C\C/C=C\C/C=C\C/C=C\C/C=C\CCC(=O)OCC(COP(=O)(O)OCC(O)COP(=O)(O)OCC(COC(=O)CCC/C=C\C/C=C\C/C=C\C/C=C\C/C=C\CC)OC(=O)CCCCCCCCCCCCCCCCC)OC(=O)CCCCCCC/C=C\CCCCCC. The van der Waals surface area contributed by atoms with Gasteiger partial charge in [-0.05, 0) is 128 Å². The molecule has 0 aromatic heterocycles. The first kappa shape index (κ1) is 98.9. The van der Waals surface area contributed by atoms with Gasteiger partial charge in [0, 0.05) is 25.7 Å². The summed E-state index contributed by atoms with van der Waals surface area (Å²) in [7, 11) is -10.00. The molecule has 0 aliphatic carbocycles. The van der Waals surface area contributed by atoms with E-state index in [1.807, 2.05) is 30.4 Å². The summed E-state index contributed by atoms with van der Waals surface area (Å²) in [5.41, 5.74) is 0. The number of allylic oxidation sites excluding steroid dienone is 24. The molecule has 0 aromatic rings. The van der Waals surface area contributed by atoms with Crippen molar-refractivity contribution in [2.24, 2.45) is 0 Å². The minimum absolute atomic E-state index is 0.0306. The fourth-order valence-electron chi connectivity index (χ4n) is 10.3. The Labute approximate surface area is 630 Å². The van der Waals surface area contributed by atoms with Gasteiger partial charge in [-0.15, -0.1) is 0 Å². The van der Waals surface area contributed by atoms with Gasteiger partial charge in [-0.1, -0.05) is 302 Å². The fraction of sp³-hybridized carbons (Fsp3) is 0.671. The third-order valence-corrected chi connectivity index (χ3v) is 18.2. The number of aliphatic hydroxyl groups excluding tert-OH is 1. The second-order valence-electron chi connectivity index (χ2n) is 26.2. The van der Waals surface area contributed by atoms with Crippen LogP contribution < -0.4 is 0 Å². The maximum atomic E-state index is 13.1. The van der Waals surface area contributed by atoms with Crippen molar-refractivity contribution in [3.05, 3.63) is 146 Å². The predicted molar refractivity (Wildman–Crippen MR) is 427 cm³/mol. The van der Waals surface area contributed by atoms with E-state index >= 15 is 0 Å². The van der Waals surface area contributed by atoms with Crippen molar-refractivity contribution in [3.8, 4) is 0 Å². The van der Waals surface area contributed by atoms with Crippen LogP contribution in [0.25, 0.3) is 0 Å². The number of esters is 4. The van der Waals surface area contributed by atoms with Gasteiger partial charge in [-0.3, -0.25) is 37.3 Å². The third kappa shape index (κ3) is 75.2. The predicted octanol–water partition coefficient (Wildman–Crippen LogP) is 23.4. The highest BCUT2D eigenvalue weighted by molar-refractivity contribution is 7.47. The summed E-state index contributed by atoms with van der Waals surface area (Å²) in [6, 6.07) is 0. The summed E-state index contributed by atoms with van der Waals surface area (Å²) in [6.45, 7) is 4.49. The van der Waals surface area contributed by atoms with Crippen molar-refractivity contribution in [1.29, 1.82) is 0 Å². The molecule has 3 N–H and O–H groups in total. The van der Waals surface area contributed by atoms with E-state index in [9.17, 15) is 43.2 Å². The molecule has 104 heavy (non-hydrogen) atoms. The molecule has 0 aliphatic rings. The van der Waals surface area contributed by atoms with Crippen LogP contribution in [0.4, 0.5) is 0 Å². The summed E-state index contributed by atoms with van der Waals surface area (Å²) in [4.78, 5) is 73.0. The molecule has 17 nitrogen and oxygen atoms in total. The van der Waals surface area contributed by atoms with Crippen molar-refractivity contribution < 1.29 is 80.2 Å². The van der Waals surface area contributed by atoms with Crippen molar-refractivity contribution in [1.82, 2.24) is 0 Å². The summed E-state index contributed by atoms with van der Waals surface area (Å²) in [5, 5.41) is 10.6. The zero-order chi connectivity index (χ0) is 76.0. The Bertz CT molecular complexity index is 2540. The van der Waals surface area contributed by atoms with Crippen LogP contribution >= 0.6 is 15.6 Å². The molecule has 0 fully saturated rings. The number of phosphoric acid groups is 2. The molecule has 0 spiro atoms. The molecule has 5 atom stereocenters. The van der Waals surface area contributed by atoms with Gasteiger partial charge in [-0.25, -0.2) is 9.13 Å². The molecule has 0 rings (SSSR count). The molecule has 0 heterocycles. The normalized spacial score (nSPS) is 14.6. The van der Waals surface area contributed by atoms with Crippen LogP contribution in [0.5, 0.6) is 0 Å². The van der Waals surface area contributed by atoms with E-state index in [4.69, 9.17) is 37.0 Å². The first-order chi connectivity index (χ1) is 50.7. The number of hydrogen-bond acceptors (Lipinski definition) is 15. The molecule has 0 bridgehead atoms. The largest absolute Gasteiger partial charge is 0.472 e. The smallest absolute Gasteiger partial charge is 0.462 e. The Kier molecular flexibility index (Phi) is 72.4. The molecular formula is C85H142O17P2. The molecule has 0 aromatic carbocycles. The van der Waals surface area contributed by atoms with Crippen molar-refractivity contribution >= 4 is 39.5 Å². The van der Waals surface area contributed by atoms with Crippen LogP contribution in [-0.4, -0.2) is 96.7 Å². The lowest BCUT2D eigenvalue weighted by Crippen LogP contribution is -2.30. The Balaban J connectivity index is 5.46. The number of hydrogen-bond donors (Lipinski definition) is 3. The van der Waals surface area contributed by atoms with Crippen LogP contribution in [0.1, 0.15) is 310 Å². The quantitative estimate of drug-likeness (QED) is 0.0169.